The van der Waals surface area contributed by atoms with E-state index in [4.69, 9.17) is 4.99 Å². The Morgan fingerprint density at radius 3 is 2.44 bits per heavy atom. The van der Waals surface area contributed by atoms with Gasteiger partial charge in [0.1, 0.15) is 0 Å². The molecule has 0 amide bonds. The minimum atomic E-state index is 0. The Morgan fingerprint density at radius 2 is 1.78 bits per heavy atom. The molecule has 2 saturated heterocycles. The number of benzene rings is 1. The van der Waals surface area contributed by atoms with Crippen molar-refractivity contribution < 1.29 is 0 Å². The van der Waals surface area contributed by atoms with Crippen molar-refractivity contribution in [2.75, 3.05) is 57.3 Å². The van der Waals surface area contributed by atoms with Crippen molar-refractivity contribution >= 4 is 35.6 Å². The third-order valence-corrected chi connectivity index (χ3v) is 5.92. The van der Waals surface area contributed by atoms with E-state index in [2.05, 4.69) is 57.3 Å². The smallest absolute Gasteiger partial charge is 0.194 e. The van der Waals surface area contributed by atoms with Gasteiger partial charge in [0.15, 0.2) is 5.96 Å². The number of nitrogens with zero attached hydrogens (tertiary/aromatic N) is 4. The van der Waals surface area contributed by atoms with E-state index in [1.807, 2.05) is 0 Å². The summed E-state index contributed by atoms with van der Waals surface area (Å²) in [7, 11) is 0. The summed E-state index contributed by atoms with van der Waals surface area (Å²) >= 11 is 0. The highest BCUT2D eigenvalue weighted by Crippen LogP contribution is 2.31. The van der Waals surface area contributed by atoms with Gasteiger partial charge in [-0.15, -0.1) is 24.0 Å². The maximum Gasteiger partial charge on any atom is 0.194 e. The first kappa shape index (κ1) is 20.7. The molecule has 1 aromatic rings. The van der Waals surface area contributed by atoms with Crippen molar-refractivity contribution in [3.05, 3.63) is 30.3 Å². The van der Waals surface area contributed by atoms with Crippen molar-refractivity contribution in [3.8, 4) is 0 Å². The Bertz CT molecular complexity index is 596. The zero-order chi connectivity index (χ0) is 17.8. The number of piperazine rings is 1. The first-order valence-electron chi connectivity index (χ1n) is 10.4. The van der Waals surface area contributed by atoms with Crippen molar-refractivity contribution in [3.63, 3.8) is 0 Å². The van der Waals surface area contributed by atoms with Gasteiger partial charge in [-0.05, 0) is 50.8 Å². The highest BCUT2D eigenvalue weighted by atomic mass is 127. The lowest BCUT2D eigenvalue weighted by Crippen LogP contribution is -2.52. The fraction of sp³-hybridized carbons (Fsp3) is 0.667. The average molecular weight is 483 g/mol. The van der Waals surface area contributed by atoms with Crippen LogP contribution in [0.15, 0.2) is 35.3 Å². The van der Waals surface area contributed by atoms with Crippen LogP contribution < -0.4 is 10.2 Å². The number of guanidine groups is 1. The average Bonchev–Trinajstić information content (AvgIpc) is 3.44. The van der Waals surface area contributed by atoms with Crippen molar-refractivity contribution in [1.82, 2.24) is 15.1 Å². The molecule has 27 heavy (non-hydrogen) atoms. The van der Waals surface area contributed by atoms with Crippen molar-refractivity contribution in [2.45, 2.75) is 32.2 Å². The van der Waals surface area contributed by atoms with Gasteiger partial charge in [0, 0.05) is 57.5 Å². The van der Waals surface area contributed by atoms with Gasteiger partial charge in [-0.25, -0.2) is 0 Å². The molecule has 1 N–H and O–H groups in total. The zero-order valence-corrected chi connectivity index (χ0v) is 18.8. The van der Waals surface area contributed by atoms with E-state index >= 15 is 0 Å². The first-order chi connectivity index (χ1) is 12.8. The van der Waals surface area contributed by atoms with Gasteiger partial charge in [0.2, 0.25) is 0 Å². The number of aliphatic imine (C=N–C) groups is 1. The van der Waals surface area contributed by atoms with E-state index in [9.17, 15) is 0 Å². The zero-order valence-electron chi connectivity index (χ0n) is 16.5. The summed E-state index contributed by atoms with van der Waals surface area (Å²) in [6.07, 6.45) is 4.16. The molecule has 0 radical (unpaired) electrons. The summed E-state index contributed by atoms with van der Waals surface area (Å²) in [6, 6.07) is 11.7. The number of anilines is 1. The quantitative estimate of drug-likeness (QED) is 0.397. The molecular formula is C21H34IN5. The van der Waals surface area contributed by atoms with E-state index in [1.165, 1.54) is 38.0 Å². The number of halogens is 1. The molecular weight excluding hydrogens is 449 g/mol. The monoisotopic (exact) mass is 483 g/mol. The SMILES string of the molecule is CCNC(=NCC1CCN(C2CC2)C1)N1CCN(c2ccccc2)CC1.I. The molecule has 4 rings (SSSR count). The molecule has 2 aliphatic heterocycles. The number of para-hydroxylation sites is 1. The molecule has 150 valence electrons. The van der Waals surface area contributed by atoms with E-state index < -0.39 is 0 Å². The molecule has 5 nitrogen and oxygen atoms in total. The van der Waals surface area contributed by atoms with Crippen LogP contribution in [0.4, 0.5) is 5.69 Å². The molecule has 1 aromatic carbocycles. The minimum absolute atomic E-state index is 0. The second-order valence-corrected chi connectivity index (χ2v) is 7.89. The molecule has 1 atom stereocenters. The molecule has 2 heterocycles. The van der Waals surface area contributed by atoms with Crippen LogP contribution in [0.2, 0.25) is 0 Å². The third-order valence-electron chi connectivity index (χ3n) is 5.92. The Hall–Kier alpha value is -1.02. The molecule has 1 aliphatic carbocycles. The number of rotatable bonds is 5. The minimum Gasteiger partial charge on any atom is -0.368 e. The number of hydrogen-bond acceptors (Lipinski definition) is 3. The summed E-state index contributed by atoms with van der Waals surface area (Å²) in [6.45, 7) is 10.8. The maximum atomic E-state index is 5.02. The van der Waals surface area contributed by atoms with Crippen LogP contribution in [0.1, 0.15) is 26.2 Å². The van der Waals surface area contributed by atoms with Crippen LogP contribution in [-0.2, 0) is 0 Å². The number of nitrogens with one attached hydrogen (secondary N) is 1. The van der Waals surface area contributed by atoms with Gasteiger partial charge in [0.25, 0.3) is 0 Å². The summed E-state index contributed by atoms with van der Waals surface area (Å²) in [5.41, 5.74) is 1.33. The second-order valence-electron chi connectivity index (χ2n) is 7.89. The van der Waals surface area contributed by atoms with Gasteiger partial charge in [-0.2, -0.15) is 0 Å². The molecule has 6 heteroatoms. The fourth-order valence-corrected chi connectivity index (χ4v) is 4.24. The summed E-state index contributed by atoms with van der Waals surface area (Å²) < 4.78 is 0. The molecule has 0 spiro atoms. The molecule has 0 aromatic heterocycles. The summed E-state index contributed by atoms with van der Waals surface area (Å²) in [5.74, 6) is 1.86. The lowest BCUT2D eigenvalue weighted by atomic mass is 10.1. The summed E-state index contributed by atoms with van der Waals surface area (Å²) in [4.78, 5) is 12.6. The van der Waals surface area contributed by atoms with Gasteiger partial charge in [-0.1, -0.05) is 18.2 Å². The Balaban J connectivity index is 0.00000210. The largest absolute Gasteiger partial charge is 0.368 e. The van der Waals surface area contributed by atoms with Crippen molar-refractivity contribution in [1.29, 1.82) is 0 Å². The van der Waals surface area contributed by atoms with Crippen LogP contribution in [-0.4, -0.2) is 74.2 Å². The van der Waals surface area contributed by atoms with Crippen LogP contribution in [0.5, 0.6) is 0 Å². The highest BCUT2D eigenvalue weighted by Gasteiger charge is 2.34. The molecule has 3 fully saturated rings. The van der Waals surface area contributed by atoms with Crippen LogP contribution >= 0.6 is 24.0 Å². The lowest BCUT2D eigenvalue weighted by Gasteiger charge is -2.37. The van der Waals surface area contributed by atoms with Gasteiger partial charge in [-0.3, -0.25) is 4.99 Å². The normalized spacial score (nSPS) is 24.0. The van der Waals surface area contributed by atoms with Gasteiger partial charge >= 0.3 is 0 Å². The third kappa shape index (κ3) is 5.50. The molecule has 0 bridgehead atoms. The predicted molar refractivity (Wildman–Crippen MR) is 124 cm³/mol. The van der Waals surface area contributed by atoms with Crippen molar-refractivity contribution in [2.24, 2.45) is 10.9 Å². The standard InChI is InChI=1S/C21H33N5.HI/c1-2-22-21(23-16-18-10-11-26(17-18)20-8-9-20)25-14-12-24(13-15-25)19-6-4-3-5-7-19;/h3-7,18,20H,2,8-17H2,1H3,(H,22,23);1H. The topological polar surface area (TPSA) is 34.1 Å². The Labute approximate surface area is 181 Å². The van der Waals surface area contributed by atoms with Gasteiger partial charge < -0.3 is 20.0 Å². The lowest BCUT2D eigenvalue weighted by molar-refractivity contribution is 0.315. The first-order valence-corrected chi connectivity index (χ1v) is 10.4. The van der Waals surface area contributed by atoms with E-state index in [0.29, 0.717) is 0 Å². The molecule has 1 saturated carbocycles. The van der Waals surface area contributed by atoms with E-state index in [-0.39, 0.29) is 24.0 Å². The van der Waals surface area contributed by atoms with E-state index in [0.717, 1.165) is 57.2 Å². The summed E-state index contributed by atoms with van der Waals surface area (Å²) in [5, 5.41) is 3.52. The predicted octanol–water partition coefficient (Wildman–Crippen LogP) is 2.88. The van der Waals surface area contributed by atoms with Crippen LogP contribution in [0, 0.1) is 5.92 Å². The van der Waals surface area contributed by atoms with Crippen LogP contribution in [0.25, 0.3) is 0 Å². The maximum absolute atomic E-state index is 5.02. The second kappa shape index (κ2) is 9.96. The Kier molecular flexibility index (Phi) is 7.64. The molecule has 3 aliphatic rings. The van der Waals surface area contributed by atoms with E-state index in [1.54, 1.807) is 0 Å². The number of likely N-dealkylation sites (tertiary alicyclic amines) is 1. The highest BCUT2D eigenvalue weighted by molar-refractivity contribution is 14.0. The number of hydrogen-bond donors (Lipinski definition) is 1. The fourth-order valence-electron chi connectivity index (χ4n) is 4.24. The Morgan fingerprint density at radius 1 is 1.04 bits per heavy atom. The van der Waals surface area contributed by atoms with Crippen LogP contribution in [0.3, 0.4) is 0 Å². The van der Waals surface area contributed by atoms with Gasteiger partial charge in [0.05, 0.1) is 0 Å². The molecule has 1 unspecified atom stereocenters.